The standard InChI is InChI=1S/C24H20Cl2N2O6/c1-31-20-10-15(11-21(32-2)22(20)33-3)23(29)28-27-13-14-5-4-6-17(9-14)34-24(30)18-8-7-16(25)12-19(18)26/h4-13H,1-3H3,(H,28,29)/b27-13-. The van der Waals surface area contributed by atoms with Gasteiger partial charge in [-0.15, -0.1) is 0 Å². The van der Waals surface area contributed by atoms with Crippen molar-refractivity contribution in [1.29, 1.82) is 0 Å². The molecule has 34 heavy (non-hydrogen) atoms. The number of rotatable bonds is 8. The molecule has 0 heterocycles. The van der Waals surface area contributed by atoms with Gasteiger partial charge < -0.3 is 18.9 Å². The number of hydrogen-bond acceptors (Lipinski definition) is 7. The van der Waals surface area contributed by atoms with Crippen molar-refractivity contribution in [3.8, 4) is 23.0 Å². The molecule has 3 aromatic rings. The molecule has 0 aliphatic rings. The maximum atomic E-state index is 12.5. The normalized spacial score (nSPS) is 10.6. The van der Waals surface area contributed by atoms with Crippen LogP contribution in [0.1, 0.15) is 26.3 Å². The molecule has 8 nitrogen and oxygen atoms in total. The first-order valence-electron chi connectivity index (χ1n) is 9.77. The lowest BCUT2D eigenvalue weighted by molar-refractivity contribution is 0.0734. The number of nitrogens with one attached hydrogen (secondary N) is 1. The zero-order valence-corrected chi connectivity index (χ0v) is 19.9. The van der Waals surface area contributed by atoms with E-state index in [2.05, 4.69) is 10.5 Å². The average molecular weight is 503 g/mol. The van der Waals surface area contributed by atoms with Gasteiger partial charge in [-0.25, -0.2) is 10.2 Å². The highest BCUT2D eigenvalue weighted by Gasteiger charge is 2.17. The number of amides is 1. The summed E-state index contributed by atoms with van der Waals surface area (Å²) in [4.78, 5) is 24.9. The average Bonchev–Trinajstić information content (AvgIpc) is 2.83. The fourth-order valence-corrected chi connectivity index (χ4v) is 3.40. The summed E-state index contributed by atoms with van der Waals surface area (Å²) < 4.78 is 21.1. The fourth-order valence-electron chi connectivity index (χ4n) is 2.92. The van der Waals surface area contributed by atoms with E-state index in [-0.39, 0.29) is 21.9 Å². The molecular weight excluding hydrogens is 483 g/mol. The van der Waals surface area contributed by atoms with Crippen LogP contribution in [0.3, 0.4) is 0 Å². The Morgan fingerprint density at radius 2 is 1.62 bits per heavy atom. The van der Waals surface area contributed by atoms with Gasteiger partial charge in [-0.2, -0.15) is 5.10 Å². The van der Waals surface area contributed by atoms with Crippen molar-refractivity contribution in [2.45, 2.75) is 0 Å². The lowest BCUT2D eigenvalue weighted by Gasteiger charge is -2.13. The van der Waals surface area contributed by atoms with E-state index in [0.717, 1.165) is 0 Å². The molecule has 0 atom stereocenters. The molecule has 0 spiro atoms. The first-order chi connectivity index (χ1) is 16.4. The van der Waals surface area contributed by atoms with Gasteiger partial charge in [0, 0.05) is 10.6 Å². The molecule has 176 valence electrons. The molecule has 0 unspecified atom stereocenters. The van der Waals surface area contributed by atoms with Crippen LogP contribution in [0.25, 0.3) is 0 Å². The maximum Gasteiger partial charge on any atom is 0.345 e. The van der Waals surface area contributed by atoms with Gasteiger partial charge in [-0.3, -0.25) is 4.79 Å². The summed E-state index contributed by atoms with van der Waals surface area (Å²) >= 11 is 11.9. The fraction of sp³-hybridized carbons (Fsp3) is 0.125. The molecule has 0 aliphatic heterocycles. The third kappa shape index (κ3) is 5.98. The second-order valence-electron chi connectivity index (χ2n) is 6.70. The van der Waals surface area contributed by atoms with Crippen molar-refractivity contribution in [3.05, 3.63) is 81.3 Å². The van der Waals surface area contributed by atoms with Crippen molar-refractivity contribution >= 4 is 41.3 Å². The summed E-state index contributed by atoms with van der Waals surface area (Å²) in [6.07, 6.45) is 1.41. The number of methoxy groups -OCH3 is 3. The van der Waals surface area contributed by atoms with E-state index in [4.69, 9.17) is 42.1 Å². The highest BCUT2D eigenvalue weighted by molar-refractivity contribution is 6.36. The number of carbonyl (C=O) groups is 2. The first-order valence-corrected chi connectivity index (χ1v) is 10.5. The third-order valence-electron chi connectivity index (χ3n) is 4.53. The minimum Gasteiger partial charge on any atom is -0.493 e. The Kier molecular flexibility index (Phi) is 8.34. The highest BCUT2D eigenvalue weighted by atomic mass is 35.5. The van der Waals surface area contributed by atoms with E-state index in [1.54, 1.807) is 30.3 Å². The van der Waals surface area contributed by atoms with Crippen molar-refractivity contribution in [3.63, 3.8) is 0 Å². The Morgan fingerprint density at radius 3 is 2.24 bits per heavy atom. The summed E-state index contributed by atoms with van der Waals surface area (Å²) in [7, 11) is 4.38. The Bertz CT molecular complexity index is 1220. The number of nitrogens with zero attached hydrogens (tertiary/aromatic N) is 1. The van der Waals surface area contributed by atoms with Crippen LogP contribution < -0.4 is 24.4 Å². The zero-order valence-electron chi connectivity index (χ0n) is 18.4. The number of hydrogen-bond donors (Lipinski definition) is 1. The number of halogens is 2. The number of hydrazone groups is 1. The molecule has 3 rings (SSSR count). The minimum absolute atomic E-state index is 0.183. The van der Waals surface area contributed by atoms with Crippen molar-refractivity contribution in [1.82, 2.24) is 5.43 Å². The smallest absolute Gasteiger partial charge is 0.345 e. The van der Waals surface area contributed by atoms with E-state index >= 15 is 0 Å². The minimum atomic E-state index is -0.633. The number of esters is 1. The van der Waals surface area contributed by atoms with Gasteiger partial charge >= 0.3 is 5.97 Å². The van der Waals surface area contributed by atoms with E-state index in [1.807, 2.05) is 0 Å². The third-order valence-corrected chi connectivity index (χ3v) is 5.07. The summed E-state index contributed by atoms with van der Waals surface area (Å²) in [5.74, 6) is 0.201. The molecule has 10 heteroatoms. The highest BCUT2D eigenvalue weighted by Crippen LogP contribution is 2.38. The lowest BCUT2D eigenvalue weighted by atomic mass is 10.1. The van der Waals surface area contributed by atoms with Crippen LogP contribution in [-0.2, 0) is 0 Å². The molecule has 0 bridgehead atoms. The molecule has 0 fully saturated rings. The molecule has 1 amide bonds. The lowest BCUT2D eigenvalue weighted by Crippen LogP contribution is -2.18. The molecule has 1 N–H and O–H groups in total. The van der Waals surface area contributed by atoms with Crippen LogP contribution in [0.15, 0.2) is 59.7 Å². The van der Waals surface area contributed by atoms with Crippen LogP contribution in [0.5, 0.6) is 23.0 Å². The first kappa shape index (κ1) is 24.9. The summed E-state index contributed by atoms with van der Waals surface area (Å²) in [6, 6.07) is 14.1. The predicted molar refractivity (Wildman–Crippen MR) is 129 cm³/mol. The summed E-state index contributed by atoms with van der Waals surface area (Å²) in [5, 5.41) is 4.56. The van der Waals surface area contributed by atoms with Crippen LogP contribution >= 0.6 is 23.2 Å². The second-order valence-corrected chi connectivity index (χ2v) is 7.54. The number of ether oxygens (including phenoxy) is 4. The Balaban J connectivity index is 1.69. The predicted octanol–water partition coefficient (Wildman–Crippen LogP) is 5.00. The van der Waals surface area contributed by atoms with E-state index in [0.29, 0.717) is 27.8 Å². The van der Waals surface area contributed by atoms with Crippen LogP contribution in [0.2, 0.25) is 10.0 Å². The van der Waals surface area contributed by atoms with E-state index < -0.39 is 11.9 Å². The second kappa shape index (κ2) is 11.4. The molecular formula is C24H20Cl2N2O6. The SMILES string of the molecule is COc1cc(C(=O)N/N=C\c2cccc(OC(=O)c3ccc(Cl)cc3Cl)c2)cc(OC)c1OC. The van der Waals surface area contributed by atoms with Gasteiger partial charge in [0.15, 0.2) is 11.5 Å². The molecule has 0 saturated carbocycles. The van der Waals surface area contributed by atoms with Crippen LogP contribution in [-0.4, -0.2) is 39.4 Å². The quantitative estimate of drug-likeness (QED) is 0.201. The number of carbonyl (C=O) groups excluding carboxylic acids is 2. The Hall–Kier alpha value is -3.75. The largest absolute Gasteiger partial charge is 0.493 e. The van der Waals surface area contributed by atoms with Gasteiger partial charge in [0.05, 0.1) is 38.1 Å². The van der Waals surface area contributed by atoms with Gasteiger partial charge in [0.2, 0.25) is 5.75 Å². The monoisotopic (exact) mass is 502 g/mol. The van der Waals surface area contributed by atoms with Crippen LogP contribution in [0, 0.1) is 0 Å². The van der Waals surface area contributed by atoms with Gasteiger partial charge in [-0.1, -0.05) is 35.3 Å². The zero-order chi connectivity index (χ0) is 24.7. The molecule has 0 aromatic heterocycles. The van der Waals surface area contributed by atoms with Crippen molar-refractivity contribution < 1.29 is 28.5 Å². The summed E-state index contributed by atoms with van der Waals surface area (Å²) in [5.41, 5.74) is 3.45. The van der Waals surface area contributed by atoms with Gasteiger partial charge in [0.25, 0.3) is 5.91 Å². The molecule has 0 saturated heterocycles. The number of benzene rings is 3. The summed E-state index contributed by atoms with van der Waals surface area (Å²) in [6.45, 7) is 0. The van der Waals surface area contributed by atoms with Gasteiger partial charge in [0.1, 0.15) is 5.75 Å². The van der Waals surface area contributed by atoms with Crippen molar-refractivity contribution in [2.75, 3.05) is 21.3 Å². The Labute approximate surface area is 206 Å². The van der Waals surface area contributed by atoms with E-state index in [1.165, 1.54) is 51.8 Å². The van der Waals surface area contributed by atoms with Crippen molar-refractivity contribution in [2.24, 2.45) is 5.10 Å². The molecule has 0 aliphatic carbocycles. The van der Waals surface area contributed by atoms with Crippen LogP contribution in [0.4, 0.5) is 0 Å². The molecule has 0 radical (unpaired) electrons. The van der Waals surface area contributed by atoms with E-state index in [9.17, 15) is 9.59 Å². The topological polar surface area (TPSA) is 95.5 Å². The van der Waals surface area contributed by atoms with Gasteiger partial charge in [-0.05, 0) is 48.0 Å². The molecule has 3 aromatic carbocycles. The maximum absolute atomic E-state index is 12.5. The Morgan fingerprint density at radius 1 is 0.912 bits per heavy atom.